The number of hydrogen-bond donors (Lipinski definition) is 1. The van der Waals surface area contributed by atoms with Crippen LogP contribution in [0, 0.1) is 0 Å². The SMILES string of the molecule is CCN(CC)c1ccc([C@@H]2CC(=O)C3=C(C2)Nc2ccccc2N(C(=O)CCC(=O)[O-])[C@@H]3c2ccccc2)cc1. The largest absolute Gasteiger partial charge is 0.550 e. The number of amides is 1. The molecule has 0 spiro atoms. The van der Waals surface area contributed by atoms with Gasteiger partial charge in [-0.2, -0.15) is 0 Å². The van der Waals surface area contributed by atoms with Crippen molar-refractivity contribution in [2.75, 3.05) is 28.2 Å². The maximum Gasteiger partial charge on any atom is 0.228 e. The van der Waals surface area contributed by atoms with Crippen LogP contribution in [0.3, 0.4) is 0 Å². The number of nitrogens with one attached hydrogen (secondary N) is 1. The minimum absolute atomic E-state index is 0.00609. The van der Waals surface area contributed by atoms with E-state index in [4.69, 9.17) is 0 Å². The molecule has 7 nitrogen and oxygen atoms in total. The van der Waals surface area contributed by atoms with Crippen molar-refractivity contribution in [3.05, 3.63) is 101 Å². The number of nitrogens with zero attached hydrogens (tertiary/aromatic N) is 2. The molecule has 0 aromatic heterocycles. The number of aliphatic carboxylic acids is 1. The third-order valence-corrected chi connectivity index (χ3v) is 7.91. The molecule has 0 unspecified atom stereocenters. The molecule has 5 rings (SSSR count). The standard InChI is InChI=1S/C33H35N3O4/c1-3-35(4-2)25-16-14-22(15-17-25)24-20-27-32(29(37)21-24)33(23-10-6-5-7-11-23)36(30(38)18-19-31(39)40)28-13-9-8-12-26(28)34-27/h5-17,24,33-34H,3-4,18-21H2,1-2H3,(H,39,40)/p-1/t24-,33+/m0/s1. The normalized spacial score (nSPS) is 18.4. The Morgan fingerprint density at radius 1 is 0.875 bits per heavy atom. The van der Waals surface area contributed by atoms with Crippen molar-refractivity contribution in [2.45, 2.75) is 51.5 Å². The van der Waals surface area contributed by atoms with Gasteiger partial charge in [0.15, 0.2) is 5.78 Å². The number of fused-ring (bicyclic) bond motifs is 1. The number of allylic oxidation sites excluding steroid dienone is 1. The number of carboxylic acids is 1. The molecule has 1 aliphatic heterocycles. The Morgan fingerprint density at radius 3 is 2.23 bits per heavy atom. The average molecular weight is 537 g/mol. The third-order valence-electron chi connectivity index (χ3n) is 7.91. The van der Waals surface area contributed by atoms with Gasteiger partial charge < -0.3 is 20.1 Å². The van der Waals surface area contributed by atoms with Crippen LogP contribution in [0.15, 0.2) is 90.1 Å². The van der Waals surface area contributed by atoms with Crippen LogP contribution in [0.5, 0.6) is 0 Å². The van der Waals surface area contributed by atoms with Gasteiger partial charge in [0, 0.05) is 48.9 Å². The summed E-state index contributed by atoms with van der Waals surface area (Å²) in [4.78, 5) is 42.8. The summed E-state index contributed by atoms with van der Waals surface area (Å²) in [6, 6.07) is 24.7. The second kappa shape index (κ2) is 11.8. The molecule has 0 radical (unpaired) electrons. The fourth-order valence-corrected chi connectivity index (χ4v) is 5.93. The summed E-state index contributed by atoms with van der Waals surface area (Å²) in [5.74, 6) is -1.68. The van der Waals surface area contributed by atoms with Gasteiger partial charge in [-0.05, 0) is 68.0 Å². The number of carbonyl (C=O) groups excluding carboxylic acids is 3. The van der Waals surface area contributed by atoms with E-state index < -0.39 is 18.4 Å². The highest BCUT2D eigenvalue weighted by atomic mass is 16.4. The zero-order chi connectivity index (χ0) is 28.2. The van der Waals surface area contributed by atoms with Gasteiger partial charge in [0.05, 0.1) is 17.4 Å². The van der Waals surface area contributed by atoms with E-state index >= 15 is 0 Å². The summed E-state index contributed by atoms with van der Waals surface area (Å²) >= 11 is 0. The van der Waals surface area contributed by atoms with Gasteiger partial charge >= 0.3 is 0 Å². The van der Waals surface area contributed by atoms with E-state index in [2.05, 4.69) is 48.3 Å². The quantitative estimate of drug-likeness (QED) is 0.437. The number of anilines is 3. The molecular formula is C33H34N3O4-. The maximum atomic E-state index is 14.1. The van der Waals surface area contributed by atoms with Gasteiger partial charge in [-0.3, -0.25) is 14.5 Å². The minimum atomic E-state index is -1.28. The molecule has 3 aromatic rings. The first-order chi connectivity index (χ1) is 19.4. The second-order valence-electron chi connectivity index (χ2n) is 10.3. The summed E-state index contributed by atoms with van der Waals surface area (Å²) in [5.41, 5.74) is 5.74. The monoisotopic (exact) mass is 536 g/mol. The minimum Gasteiger partial charge on any atom is -0.550 e. The summed E-state index contributed by atoms with van der Waals surface area (Å²) < 4.78 is 0. The summed E-state index contributed by atoms with van der Waals surface area (Å²) in [6.07, 6.45) is 0.326. The van der Waals surface area contributed by atoms with Crippen molar-refractivity contribution in [3.63, 3.8) is 0 Å². The van der Waals surface area contributed by atoms with E-state index in [9.17, 15) is 19.5 Å². The predicted octanol–water partition coefficient (Wildman–Crippen LogP) is 4.96. The van der Waals surface area contributed by atoms with Crippen molar-refractivity contribution in [2.24, 2.45) is 0 Å². The highest BCUT2D eigenvalue weighted by molar-refractivity contribution is 6.06. The fraction of sp³-hybridized carbons (Fsp3) is 0.303. The van der Waals surface area contributed by atoms with Crippen LogP contribution in [-0.2, 0) is 14.4 Å². The molecule has 2 aliphatic rings. The molecule has 2 atom stereocenters. The highest BCUT2D eigenvalue weighted by Gasteiger charge is 2.41. The number of carbonyl (C=O) groups is 3. The molecule has 1 heterocycles. The first-order valence-corrected chi connectivity index (χ1v) is 13.9. The van der Waals surface area contributed by atoms with E-state index in [0.29, 0.717) is 29.8 Å². The number of para-hydroxylation sites is 2. The van der Waals surface area contributed by atoms with Gasteiger partial charge in [-0.25, -0.2) is 0 Å². The summed E-state index contributed by atoms with van der Waals surface area (Å²) in [6.45, 7) is 6.12. The lowest BCUT2D eigenvalue weighted by atomic mass is 9.78. The molecule has 1 amide bonds. The van der Waals surface area contributed by atoms with Crippen LogP contribution in [0.2, 0.25) is 0 Å². The van der Waals surface area contributed by atoms with Gasteiger partial charge in [-0.1, -0.05) is 54.6 Å². The zero-order valence-electron chi connectivity index (χ0n) is 22.9. The smallest absolute Gasteiger partial charge is 0.228 e. The van der Waals surface area contributed by atoms with Crippen molar-refractivity contribution >= 4 is 34.7 Å². The highest BCUT2D eigenvalue weighted by Crippen LogP contribution is 2.47. The molecule has 7 heteroatoms. The number of rotatable bonds is 8. The zero-order valence-corrected chi connectivity index (χ0v) is 22.9. The number of ketones is 1. The predicted molar refractivity (Wildman–Crippen MR) is 155 cm³/mol. The number of carboxylic acid groups (broad SMARTS) is 1. The van der Waals surface area contributed by atoms with Gasteiger partial charge in [0.1, 0.15) is 0 Å². The summed E-state index contributed by atoms with van der Waals surface area (Å²) in [5, 5.41) is 14.8. The van der Waals surface area contributed by atoms with Crippen LogP contribution in [-0.4, -0.2) is 30.7 Å². The van der Waals surface area contributed by atoms with Crippen LogP contribution in [0.4, 0.5) is 17.1 Å². The van der Waals surface area contributed by atoms with Crippen molar-refractivity contribution in [1.29, 1.82) is 0 Å². The molecule has 0 bridgehead atoms. The Kier molecular flexibility index (Phi) is 8.01. The van der Waals surface area contributed by atoms with Crippen molar-refractivity contribution in [3.8, 4) is 0 Å². The summed E-state index contributed by atoms with van der Waals surface area (Å²) in [7, 11) is 0. The lowest BCUT2D eigenvalue weighted by molar-refractivity contribution is -0.305. The Morgan fingerprint density at radius 2 is 1.55 bits per heavy atom. The molecule has 1 aliphatic carbocycles. The number of benzene rings is 3. The molecule has 40 heavy (non-hydrogen) atoms. The van der Waals surface area contributed by atoms with Crippen LogP contribution >= 0.6 is 0 Å². The first kappa shape index (κ1) is 27.2. The van der Waals surface area contributed by atoms with E-state index in [1.54, 1.807) is 4.90 Å². The first-order valence-electron chi connectivity index (χ1n) is 13.9. The number of hydrogen-bond acceptors (Lipinski definition) is 6. The maximum absolute atomic E-state index is 14.1. The van der Waals surface area contributed by atoms with Crippen molar-refractivity contribution < 1.29 is 19.5 Å². The van der Waals surface area contributed by atoms with E-state index in [1.807, 2.05) is 54.6 Å². The third kappa shape index (κ3) is 5.37. The average Bonchev–Trinajstić information content (AvgIpc) is 3.12. The van der Waals surface area contributed by atoms with E-state index in [-0.39, 0.29) is 24.0 Å². The number of Topliss-reactive ketones (excluding diaryl/α,β-unsaturated/α-hetero) is 1. The topological polar surface area (TPSA) is 92.8 Å². The lowest BCUT2D eigenvalue weighted by Gasteiger charge is -2.35. The lowest BCUT2D eigenvalue weighted by Crippen LogP contribution is -2.39. The van der Waals surface area contributed by atoms with Crippen LogP contribution in [0.1, 0.15) is 62.6 Å². The van der Waals surface area contributed by atoms with Crippen LogP contribution < -0.4 is 20.2 Å². The molecule has 3 aromatic carbocycles. The van der Waals surface area contributed by atoms with E-state index in [0.717, 1.165) is 35.6 Å². The Balaban J connectivity index is 1.59. The van der Waals surface area contributed by atoms with Gasteiger partial charge in [-0.15, -0.1) is 0 Å². The molecular weight excluding hydrogens is 502 g/mol. The molecule has 0 fully saturated rings. The Labute approximate surface area is 235 Å². The fourth-order valence-electron chi connectivity index (χ4n) is 5.93. The van der Waals surface area contributed by atoms with Crippen LogP contribution in [0.25, 0.3) is 0 Å². The molecule has 0 saturated heterocycles. The molecule has 206 valence electrons. The molecule has 0 saturated carbocycles. The van der Waals surface area contributed by atoms with E-state index in [1.165, 1.54) is 0 Å². The van der Waals surface area contributed by atoms with Crippen molar-refractivity contribution in [1.82, 2.24) is 0 Å². The second-order valence-corrected chi connectivity index (χ2v) is 10.3. The van der Waals surface area contributed by atoms with Gasteiger partial charge in [0.2, 0.25) is 5.91 Å². The Hall–Kier alpha value is -4.39. The Bertz CT molecular complexity index is 1430. The van der Waals surface area contributed by atoms with Gasteiger partial charge in [0.25, 0.3) is 0 Å². The molecule has 1 N–H and O–H groups in total.